The molecule has 0 aliphatic rings. The van der Waals surface area contributed by atoms with E-state index in [2.05, 4.69) is 13.8 Å². The Morgan fingerprint density at radius 2 is 1.86 bits per heavy atom. The second kappa shape index (κ2) is 5.35. The van der Waals surface area contributed by atoms with Crippen LogP contribution in [0.15, 0.2) is 0 Å². The lowest BCUT2D eigenvalue weighted by Gasteiger charge is -2.25. The van der Waals surface area contributed by atoms with E-state index in [-0.39, 0.29) is 12.0 Å². The normalized spacial score (nSPS) is 11.6. The molecule has 0 unspecified atom stereocenters. The summed E-state index contributed by atoms with van der Waals surface area (Å²) in [6.07, 6.45) is 0.927. The summed E-state index contributed by atoms with van der Waals surface area (Å²) < 4.78 is 4.75. The Balaban J connectivity index is 3.98. The lowest BCUT2D eigenvalue weighted by molar-refractivity contribution is -0.153. The molecule has 0 fully saturated rings. The van der Waals surface area contributed by atoms with Crippen molar-refractivity contribution in [3.05, 3.63) is 0 Å². The molecule has 0 aromatic heterocycles. The SMILES string of the molecule is CC(C)CC(C)(C)COC(=O)C(=O)Cl. The first kappa shape index (κ1) is 13.4. The van der Waals surface area contributed by atoms with Gasteiger partial charge in [0.05, 0.1) is 6.61 Å². The molecule has 0 heterocycles. The van der Waals surface area contributed by atoms with Gasteiger partial charge in [-0.05, 0) is 29.4 Å². The number of carbonyl (C=O) groups excluding carboxylic acids is 2. The zero-order chi connectivity index (χ0) is 11.4. The van der Waals surface area contributed by atoms with Gasteiger partial charge >= 0.3 is 11.2 Å². The van der Waals surface area contributed by atoms with Crippen molar-refractivity contribution in [3.8, 4) is 0 Å². The predicted molar refractivity (Wildman–Crippen MR) is 55.1 cm³/mol. The Morgan fingerprint density at radius 3 is 2.21 bits per heavy atom. The van der Waals surface area contributed by atoms with E-state index in [4.69, 9.17) is 16.3 Å². The summed E-state index contributed by atoms with van der Waals surface area (Å²) >= 11 is 4.95. The van der Waals surface area contributed by atoms with Crippen LogP contribution in [0.4, 0.5) is 0 Å². The molecule has 0 N–H and O–H groups in total. The second-order valence-electron chi connectivity index (χ2n) is 4.61. The average molecular weight is 221 g/mol. The van der Waals surface area contributed by atoms with Gasteiger partial charge in [-0.1, -0.05) is 27.7 Å². The highest BCUT2D eigenvalue weighted by molar-refractivity contribution is 6.80. The summed E-state index contributed by atoms with van der Waals surface area (Å²) in [6, 6.07) is 0. The lowest BCUT2D eigenvalue weighted by atomic mass is 9.85. The largest absolute Gasteiger partial charge is 0.458 e. The molecule has 0 aliphatic heterocycles. The van der Waals surface area contributed by atoms with Gasteiger partial charge in [0.25, 0.3) is 0 Å². The first-order valence-corrected chi connectivity index (χ1v) is 4.99. The van der Waals surface area contributed by atoms with Gasteiger partial charge < -0.3 is 4.74 Å². The Bertz CT molecular complexity index is 221. The highest BCUT2D eigenvalue weighted by Gasteiger charge is 2.23. The van der Waals surface area contributed by atoms with Crippen LogP contribution in [-0.2, 0) is 14.3 Å². The summed E-state index contributed by atoms with van der Waals surface area (Å²) in [6.45, 7) is 8.38. The summed E-state index contributed by atoms with van der Waals surface area (Å²) in [5.41, 5.74) is -0.115. The van der Waals surface area contributed by atoms with Gasteiger partial charge in [0.2, 0.25) is 0 Å². The molecule has 82 valence electrons. The van der Waals surface area contributed by atoms with Crippen molar-refractivity contribution in [1.82, 2.24) is 0 Å². The van der Waals surface area contributed by atoms with E-state index < -0.39 is 11.2 Å². The molecular weight excluding hydrogens is 204 g/mol. The zero-order valence-corrected chi connectivity index (χ0v) is 9.85. The van der Waals surface area contributed by atoms with Crippen LogP contribution < -0.4 is 0 Å². The quantitative estimate of drug-likeness (QED) is 0.406. The molecule has 0 spiro atoms. The van der Waals surface area contributed by atoms with Gasteiger partial charge in [-0.25, -0.2) is 4.79 Å². The van der Waals surface area contributed by atoms with E-state index in [9.17, 15) is 9.59 Å². The molecule has 0 atom stereocenters. The number of esters is 1. The van der Waals surface area contributed by atoms with Gasteiger partial charge in [-0.2, -0.15) is 0 Å². The summed E-state index contributed by atoms with van der Waals surface area (Å²) in [4.78, 5) is 21.1. The van der Waals surface area contributed by atoms with Crippen molar-refractivity contribution in [2.75, 3.05) is 6.61 Å². The smallest absolute Gasteiger partial charge is 0.391 e. The van der Waals surface area contributed by atoms with E-state index in [0.29, 0.717) is 5.92 Å². The van der Waals surface area contributed by atoms with Crippen molar-refractivity contribution in [3.63, 3.8) is 0 Å². The summed E-state index contributed by atoms with van der Waals surface area (Å²) in [7, 11) is 0. The van der Waals surface area contributed by atoms with Crippen LogP contribution in [0.2, 0.25) is 0 Å². The fourth-order valence-electron chi connectivity index (χ4n) is 1.48. The van der Waals surface area contributed by atoms with Crippen molar-refractivity contribution >= 4 is 22.8 Å². The molecule has 0 aromatic rings. The Hall–Kier alpha value is -0.570. The second-order valence-corrected chi connectivity index (χ2v) is 4.96. The maximum atomic E-state index is 10.8. The molecule has 3 nitrogen and oxygen atoms in total. The third-order valence-corrected chi connectivity index (χ3v) is 1.87. The third-order valence-electron chi connectivity index (χ3n) is 1.72. The van der Waals surface area contributed by atoms with Crippen molar-refractivity contribution < 1.29 is 14.3 Å². The molecule has 0 saturated carbocycles. The standard InChI is InChI=1S/C10H17ClO3/c1-7(2)5-10(3,4)6-14-9(13)8(11)12/h7H,5-6H2,1-4H3. The number of rotatable bonds is 5. The summed E-state index contributed by atoms with van der Waals surface area (Å²) in [5.74, 6) is -0.445. The molecule has 4 heteroatoms. The molecule has 0 aliphatic carbocycles. The van der Waals surface area contributed by atoms with Gasteiger partial charge in [0.15, 0.2) is 0 Å². The topological polar surface area (TPSA) is 43.4 Å². The molecule has 0 amide bonds. The van der Waals surface area contributed by atoms with Crippen LogP contribution in [0.1, 0.15) is 34.1 Å². The van der Waals surface area contributed by atoms with Gasteiger partial charge in [0.1, 0.15) is 0 Å². The van der Waals surface area contributed by atoms with E-state index >= 15 is 0 Å². The van der Waals surface area contributed by atoms with Crippen LogP contribution in [0.3, 0.4) is 0 Å². The maximum absolute atomic E-state index is 10.8. The number of halogens is 1. The minimum atomic E-state index is -1.06. The van der Waals surface area contributed by atoms with Crippen molar-refractivity contribution in [2.24, 2.45) is 11.3 Å². The minimum Gasteiger partial charge on any atom is -0.458 e. The average Bonchev–Trinajstić information content (AvgIpc) is 1.97. The Labute approximate surface area is 89.8 Å². The monoisotopic (exact) mass is 220 g/mol. The molecule has 0 saturated heterocycles. The zero-order valence-electron chi connectivity index (χ0n) is 9.09. The number of hydrogen-bond acceptors (Lipinski definition) is 3. The highest BCUT2D eigenvalue weighted by Crippen LogP contribution is 2.25. The van der Waals surface area contributed by atoms with Gasteiger partial charge in [-0.15, -0.1) is 0 Å². The molecule has 14 heavy (non-hydrogen) atoms. The molecular formula is C10H17ClO3. The van der Waals surface area contributed by atoms with Gasteiger partial charge in [-0.3, -0.25) is 4.79 Å². The van der Waals surface area contributed by atoms with Crippen molar-refractivity contribution in [2.45, 2.75) is 34.1 Å². The van der Waals surface area contributed by atoms with Gasteiger partial charge in [0, 0.05) is 0 Å². The van der Waals surface area contributed by atoms with Crippen molar-refractivity contribution in [1.29, 1.82) is 0 Å². The number of carbonyl (C=O) groups is 2. The van der Waals surface area contributed by atoms with Crippen LogP contribution in [0.5, 0.6) is 0 Å². The first-order valence-electron chi connectivity index (χ1n) is 4.61. The maximum Gasteiger partial charge on any atom is 0.391 e. The van der Waals surface area contributed by atoms with E-state index in [1.807, 2.05) is 13.8 Å². The van der Waals surface area contributed by atoms with Crippen LogP contribution >= 0.6 is 11.6 Å². The van der Waals surface area contributed by atoms with E-state index in [1.165, 1.54) is 0 Å². The first-order chi connectivity index (χ1) is 6.24. The van der Waals surface area contributed by atoms with E-state index in [1.54, 1.807) is 0 Å². The molecule has 0 rings (SSSR count). The Kier molecular flexibility index (Phi) is 5.13. The van der Waals surface area contributed by atoms with E-state index in [0.717, 1.165) is 6.42 Å². The Morgan fingerprint density at radius 1 is 1.36 bits per heavy atom. The fourth-order valence-corrected chi connectivity index (χ4v) is 1.54. The molecule has 0 radical (unpaired) electrons. The van der Waals surface area contributed by atoms with Crippen LogP contribution in [0, 0.1) is 11.3 Å². The number of hydrogen-bond donors (Lipinski definition) is 0. The summed E-state index contributed by atoms with van der Waals surface area (Å²) in [5, 5.41) is -1.06. The minimum absolute atomic E-state index is 0.115. The molecule has 0 bridgehead atoms. The van der Waals surface area contributed by atoms with Crippen LogP contribution in [0.25, 0.3) is 0 Å². The van der Waals surface area contributed by atoms with Crippen LogP contribution in [-0.4, -0.2) is 17.8 Å². The predicted octanol–water partition coefficient (Wildman–Crippen LogP) is 2.37. The lowest BCUT2D eigenvalue weighted by Crippen LogP contribution is -2.25. The highest BCUT2D eigenvalue weighted by atomic mass is 35.5. The molecule has 0 aromatic carbocycles. The number of ether oxygens (including phenoxy) is 1. The third kappa shape index (κ3) is 5.97. The fraction of sp³-hybridized carbons (Fsp3) is 0.800.